The molecule has 2 fully saturated rings. The number of benzene rings is 1. The normalized spacial score (nSPS) is 20.0. The van der Waals surface area contributed by atoms with Gasteiger partial charge in [0.1, 0.15) is 24.4 Å². The summed E-state index contributed by atoms with van der Waals surface area (Å²) in [6.45, 7) is 8.11. The topological polar surface area (TPSA) is 121 Å². The first kappa shape index (κ1) is 29.3. The van der Waals surface area contributed by atoms with Gasteiger partial charge in [0.05, 0.1) is 28.1 Å². The van der Waals surface area contributed by atoms with Crippen molar-refractivity contribution in [3.05, 3.63) is 35.0 Å². The second kappa shape index (κ2) is 12.2. The summed E-state index contributed by atoms with van der Waals surface area (Å²) in [5.41, 5.74) is 3.88. The number of thiazole rings is 1. The largest absolute Gasteiger partial charge is 0.492 e. The molecule has 2 aromatic rings. The smallest absolute Gasteiger partial charge is 0.246 e. The number of likely N-dealkylation sites (tertiary alicyclic amines) is 1. The van der Waals surface area contributed by atoms with Crippen LogP contribution in [0.4, 0.5) is 0 Å². The molecule has 9 nitrogen and oxygen atoms in total. The van der Waals surface area contributed by atoms with Gasteiger partial charge in [-0.15, -0.1) is 22.9 Å². The number of aliphatic hydroxyl groups is 1. The number of aromatic nitrogens is 1. The Kier molecular flexibility index (Phi) is 9.18. The minimum Gasteiger partial charge on any atom is -0.492 e. The first-order valence-electron chi connectivity index (χ1n) is 13.3. The molecule has 2 aliphatic rings. The summed E-state index contributed by atoms with van der Waals surface area (Å²) >= 11 is 7.40. The highest BCUT2D eigenvalue weighted by Crippen LogP contribution is 2.33. The highest BCUT2D eigenvalue weighted by atomic mass is 35.5. The number of hydrogen-bond donors (Lipinski definition) is 3. The average Bonchev–Trinajstić information content (AvgIpc) is 3.54. The molecule has 0 bridgehead atoms. The molecule has 3 N–H and O–H groups in total. The third kappa shape index (κ3) is 7.10. The van der Waals surface area contributed by atoms with Crippen LogP contribution in [0.2, 0.25) is 0 Å². The number of amides is 3. The van der Waals surface area contributed by atoms with Gasteiger partial charge in [-0.25, -0.2) is 4.98 Å². The van der Waals surface area contributed by atoms with Crippen LogP contribution in [-0.4, -0.2) is 69.9 Å². The van der Waals surface area contributed by atoms with Crippen molar-refractivity contribution >= 4 is 40.7 Å². The molecule has 3 amide bonds. The zero-order valence-corrected chi connectivity index (χ0v) is 24.4. The van der Waals surface area contributed by atoms with Crippen molar-refractivity contribution in [3.8, 4) is 16.2 Å². The highest BCUT2D eigenvalue weighted by molar-refractivity contribution is 7.13. The van der Waals surface area contributed by atoms with E-state index in [1.54, 1.807) is 16.8 Å². The molecular formula is C28H37ClN4O5S. The number of halogens is 1. The summed E-state index contributed by atoms with van der Waals surface area (Å²) in [6.07, 6.45) is 0.954. The van der Waals surface area contributed by atoms with Crippen molar-refractivity contribution in [2.45, 2.75) is 71.7 Å². The van der Waals surface area contributed by atoms with Crippen molar-refractivity contribution in [2.75, 3.05) is 19.0 Å². The SMILES string of the molecule is Cc1ncsc1-c1ccc(CNC(=O)C2CC(O)CN2C(=O)[C@@H](NC(=O)C2CC2)C(C)(C)C)c(OCCCl)c1. The van der Waals surface area contributed by atoms with Gasteiger partial charge in [-0.1, -0.05) is 32.9 Å². The number of β-amino-alcohol motifs (C(OH)–C–C–N with tert-alkyl or cyclic N) is 1. The van der Waals surface area contributed by atoms with E-state index >= 15 is 0 Å². The first-order chi connectivity index (χ1) is 18.5. The summed E-state index contributed by atoms with van der Waals surface area (Å²) in [4.78, 5) is 46.3. The van der Waals surface area contributed by atoms with Gasteiger partial charge >= 0.3 is 0 Å². The second-order valence-corrected chi connectivity index (χ2v) is 12.6. The van der Waals surface area contributed by atoms with Gasteiger partial charge in [0.15, 0.2) is 0 Å². The van der Waals surface area contributed by atoms with E-state index in [9.17, 15) is 19.5 Å². The Bertz CT molecular complexity index is 1210. The summed E-state index contributed by atoms with van der Waals surface area (Å²) in [6, 6.07) is 4.13. The monoisotopic (exact) mass is 576 g/mol. The van der Waals surface area contributed by atoms with Crippen LogP contribution < -0.4 is 15.4 Å². The van der Waals surface area contributed by atoms with Gasteiger partial charge in [0.25, 0.3) is 0 Å². The summed E-state index contributed by atoms with van der Waals surface area (Å²) < 4.78 is 5.89. The molecule has 212 valence electrons. The molecule has 1 aromatic carbocycles. The number of carbonyl (C=O) groups is 3. The Balaban J connectivity index is 1.48. The minimum absolute atomic E-state index is 0.0375. The number of rotatable bonds is 10. The van der Waals surface area contributed by atoms with E-state index in [-0.39, 0.29) is 43.1 Å². The van der Waals surface area contributed by atoms with Crippen LogP contribution >= 0.6 is 22.9 Å². The Morgan fingerprint density at radius 1 is 1.26 bits per heavy atom. The highest BCUT2D eigenvalue weighted by Gasteiger charge is 2.45. The molecule has 2 unspecified atom stereocenters. The van der Waals surface area contributed by atoms with Crippen LogP contribution in [0.3, 0.4) is 0 Å². The number of carbonyl (C=O) groups excluding carboxylic acids is 3. The number of ether oxygens (including phenoxy) is 1. The van der Waals surface area contributed by atoms with Gasteiger partial charge in [-0.05, 0) is 36.8 Å². The van der Waals surface area contributed by atoms with E-state index in [1.807, 2.05) is 45.9 Å². The Morgan fingerprint density at radius 3 is 2.62 bits per heavy atom. The van der Waals surface area contributed by atoms with Crippen LogP contribution in [0.25, 0.3) is 10.4 Å². The number of hydrogen-bond acceptors (Lipinski definition) is 7. The fourth-order valence-electron chi connectivity index (χ4n) is 4.73. The zero-order valence-electron chi connectivity index (χ0n) is 22.8. The molecule has 0 spiro atoms. The van der Waals surface area contributed by atoms with Gasteiger partial charge in [-0.2, -0.15) is 0 Å². The standard InChI is InChI=1S/C28H37ClN4O5S/c1-16-23(39-15-31-16)18-7-8-19(22(11-18)38-10-9-29)13-30-26(36)21-12-20(34)14-33(21)27(37)24(28(2,3)4)32-25(35)17-5-6-17/h7-8,11,15,17,20-21,24,34H,5-6,9-10,12-14H2,1-4H3,(H,30,36)(H,32,35)/t20?,21?,24-/m1/s1. The fourth-order valence-corrected chi connectivity index (χ4v) is 5.61. The molecule has 3 atom stereocenters. The maximum Gasteiger partial charge on any atom is 0.246 e. The first-order valence-corrected chi connectivity index (χ1v) is 14.7. The molecule has 39 heavy (non-hydrogen) atoms. The lowest BCUT2D eigenvalue weighted by atomic mass is 9.85. The summed E-state index contributed by atoms with van der Waals surface area (Å²) in [7, 11) is 0. The van der Waals surface area contributed by atoms with Crippen LogP contribution in [0.1, 0.15) is 51.3 Å². The third-order valence-electron chi connectivity index (χ3n) is 7.08. The van der Waals surface area contributed by atoms with E-state index in [4.69, 9.17) is 16.3 Å². The number of nitrogens with one attached hydrogen (secondary N) is 2. The lowest BCUT2D eigenvalue weighted by Crippen LogP contribution is -2.58. The molecule has 0 radical (unpaired) electrons. The van der Waals surface area contributed by atoms with Crippen LogP contribution in [0.5, 0.6) is 5.75 Å². The maximum atomic E-state index is 13.6. The molecule has 1 saturated heterocycles. The second-order valence-electron chi connectivity index (χ2n) is 11.3. The van der Waals surface area contributed by atoms with Crippen molar-refractivity contribution in [2.24, 2.45) is 11.3 Å². The number of aryl methyl sites for hydroxylation is 1. The molecule has 1 saturated carbocycles. The van der Waals surface area contributed by atoms with E-state index in [1.165, 1.54) is 4.90 Å². The van der Waals surface area contributed by atoms with E-state index in [0.29, 0.717) is 18.2 Å². The van der Waals surface area contributed by atoms with Gasteiger partial charge < -0.3 is 25.4 Å². The van der Waals surface area contributed by atoms with Crippen molar-refractivity contribution in [3.63, 3.8) is 0 Å². The molecule has 2 heterocycles. The molecule has 1 aromatic heterocycles. The lowest BCUT2D eigenvalue weighted by Gasteiger charge is -2.35. The number of alkyl halides is 1. The predicted octanol–water partition coefficient (Wildman–Crippen LogP) is 3.26. The summed E-state index contributed by atoms with van der Waals surface area (Å²) in [5.74, 6) is 0.0170. The van der Waals surface area contributed by atoms with Crippen molar-refractivity contribution in [1.29, 1.82) is 0 Å². The van der Waals surface area contributed by atoms with Crippen LogP contribution in [-0.2, 0) is 20.9 Å². The molecular weight excluding hydrogens is 540 g/mol. The molecule has 1 aliphatic carbocycles. The van der Waals surface area contributed by atoms with Crippen LogP contribution in [0.15, 0.2) is 23.7 Å². The molecule has 1 aliphatic heterocycles. The van der Waals surface area contributed by atoms with E-state index in [2.05, 4.69) is 15.6 Å². The predicted molar refractivity (Wildman–Crippen MR) is 151 cm³/mol. The van der Waals surface area contributed by atoms with Gasteiger partial charge in [0.2, 0.25) is 17.7 Å². The minimum atomic E-state index is -0.846. The van der Waals surface area contributed by atoms with E-state index < -0.39 is 23.6 Å². The fraction of sp³-hybridized carbons (Fsp3) is 0.571. The molecule has 11 heteroatoms. The summed E-state index contributed by atoms with van der Waals surface area (Å²) in [5, 5.41) is 16.2. The number of nitrogens with zero attached hydrogens (tertiary/aromatic N) is 2. The van der Waals surface area contributed by atoms with Crippen LogP contribution in [0, 0.1) is 18.3 Å². The average molecular weight is 577 g/mol. The maximum absolute atomic E-state index is 13.6. The lowest BCUT2D eigenvalue weighted by molar-refractivity contribution is -0.144. The third-order valence-corrected chi connectivity index (χ3v) is 8.21. The Hall–Kier alpha value is -2.69. The zero-order chi connectivity index (χ0) is 28.3. The quantitative estimate of drug-likeness (QED) is 0.373. The molecule has 4 rings (SSSR count). The van der Waals surface area contributed by atoms with E-state index in [0.717, 1.165) is 34.5 Å². The van der Waals surface area contributed by atoms with Gasteiger partial charge in [0, 0.05) is 31.0 Å². The van der Waals surface area contributed by atoms with Crippen molar-refractivity contribution in [1.82, 2.24) is 20.5 Å². The van der Waals surface area contributed by atoms with Crippen molar-refractivity contribution < 1.29 is 24.2 Å². The Labute approximate surface area is 238 Å². The van der Waals surface area contributed by atoms with Gasteiger partial charge in [-0.3, -0.25) is 14.4 Å². The Morgan fingerprint density at radius 2 is 2.00 bits per heavy atom. The number of aliphatic hydroxyl groups excluding tert-OH is 1.